The topological polar surface area (TPSA) is 15.3 Å². The normalized spacial score (nSPS) is 16.1. The highest BCUT2D eigenvalue weighted by Crippen LogP contribution is 2.28. The van der Waals surface area contributed by atoms with E-state index in [0.717, 1.165) is 38.2 Å². The Labute approximate surface area is 103 Å². The highest BCUT2D eigenvalue weighted by Gasteiger charge is 2.19. The second-order valence-corrected chi connectivity index (χ2v) is 4.76. The number of nitrogens with zero attached hydrogens (tertiary/aromatic N) is 1. The first-order chi connectivity index (χ1) is 8.20. The van der Waals surface area contributed by atoms with Crippen LogP contribution in [-0.4, -0.2) is 25.7 Å². The minimum Gasteiger partial charge on any atom is -0.371 e. The van der Waals surface area contributed by atoms with Crippen molar-refractivity contribution in [3.63, 3.8) is 0 Å². The van der Waals surface area contributed by atoms with Crippen LogP contribution < -0.4 is 10.2 Å². The van der Waals surface area contributed by atoms with Gasteiger partial charge >= 0.3 is 0 Å². The summed E-state index contributed by atoms with van der Waals surface area (Å²) in [6.07, 6.45) is 2.15. The maximum Gasteiger partial charge on any atom is 0.125 e. The Morgan fingerprint density at radius 1 is 1.47 bits per heavy atom. The molecule has 0 fully saturated rings. The van der Waals surface area contributed by atoms with Crippen molar-refractivity contribution in [2.24, 2.45) is 0 Å². The molecule has 2 rings (SSSR count). The Balaban J connectivity index is 1.95. The van der Waals surface area contributed by atoms with Gasteiger partial charge in [-0.05, 0) is 44.0 Å². The highest BCUT2D eigenvalue weighted by atomic mass is 19.1. The lowest BCUT2D eigenvalue weighted by atomic mass is 10.1. The highest BCUT2D eigenvalue weighted by molar-refractivity contribution is 5.58. The zero-order valence-corrected chi connectivity index (χ0v) is 10.7. The maximum atomic E-state index is 13.2. The fraction of sp³-hybridized carbons (Fsp3) is 0.571. The van der Waals surface area contributed by atoms with Crippen LogP contribution in [0.3, 0.4) is 0 Å². The minimum absolute atomic E-state index is 0.129. The molecule has 0 radical (unpaired) electrons. The summed E-state index contributed by atoms with van der Waals surface area (Å²) >= 11 is 0. The summed E-state index contributed by atoms with van der Waals surface area (Å²) in [5.41, 5.74) is 2.37. The molecule has 1 aliphatic rings. The first-order valence-corrected chi connectivity index (χ1v) is 6.47. The molecular weight excluding hydrogens is 215 g/mol. The lowest BCUT2D eigenvalue weighted by molar-refractivity contribution is 0.527. The number of benzene rings is 1. The van der Waals surface area contributed by atoms with Gasteiger partial charge in [0.05, 0.1) is 0 Å². The third kappa shape index (κ3) is 2.97. The van der Waals surface area contributed by atoms with Crippen molar-refractivity contribution in [1.82, 2.24) is 5.32 Å². The molecule has 0 aromatic heterocycles. The second kappa shape index (κ2) is 5.50. The third-order valence-electron chi connectivity index (χ3n) is 3.42. The molecule has 0 bridgehead atoms. The smallest absolute Gasteiger partial charge is 0.125 e. The number of halogens is 1. The van der Waals surface area contributed by atoms with E-state index >= 15 is 0 Å². The van der Waals surface area contributed by atoms with Gasteiger partial charge in [-0.2, -0.15) is 0 Å². The van der Waals surface area contributed by atoms with Crippen LogP contribution in [0.4, 0.5) is 10.1 Å². The molecule has 1 unspecified atom stereocenters. The molecule has 0 saturated heterocycles. The van der Waals surface area contributed by atoms with Gasteiger partial charge in [0.25, 0.3) is 0 Å². The predicted octanol–water partition coefficient (Wildman–Crippen LogP) is 2.58. The van der Waals surface area contributed by atoms with E-state index in [4.69, 9.17) is 0 Å². The molecule has 1 aliphatic heterocycles. The van der Waals surface area contributed by atoms with E-state index in [1.54, 1.807) is 12.1 Å². The van der Waals surface area contributed by atoms with E-state index < -0.39 is 0 Å². The van der Waals surface area contributed by atoms with E-state index in [9.17, 15) is 4.39 Å². The van der Waals surface area contributed by atoms with E-state index in [0.29, 0.717) is 6.04 Å². The Hall–Kier alpha value is -1.09. The maximum absolute atomic E-state index is 13.2. The second-order valence-electron chi connectivity index (χ2n) is 4.76. The van der Waals surface area contributed by atoms with Crippen LogP contribution in [0, 0.1) is 5.82 Å². The first kappa shape index (κ1) is 12.4. The molecule has 0 aliphatic carbocycles. The van der Waals surface area contributed by atoms with E-state index in [1.807, 2.05) is 6.07 Å². The Morgan fingerprint density at radius 3 is 3.06 bits per heavy atom. The van der Waals surface area contributed by atoms with Crippen molar-refractivity contribution in [1.29, 1.82) is 0 Å². The quantitative estimate of drug-likeness (QED) is 0.845. The zero-order chi connectivity index (χ0) is 12.3. The van der Waals surface area contributed by atoms with Gasteiger partial charge < -0.3 is 10.2 Å². The summed E-state index contributed by atoms with van der Waals surface area (Å²) in [5.74, 6) is -0.129. The van der Waals surface area contributed by atoms with Crippen LogP contribution in [0.15, 0.2) is 18.2 Å². The Kier molecular flexibility index (Phi) is 4.00. The molecular formula is C14H21FN2. The van der Waals surface area contributed by atoms with Gasteiger partial charge in [0.1, 0.15) is 5.82 Å². The van der Waals surface area contributed by atoms with Crippen LogP contribution in [0.2, 0.25) is 0 Å². The summed E-state index contributed by atoms with van der Waals surface area (Å²) in [6, 6.07) is 5.67. The monoisotopic (exact) mass is 236 g/mol. The van der Waals surface area contributed by atoms with Crippen LogP contribution in [-0.2, 0) is 6.42 Å². The van der Waals surface area contributed by atoms with Gasteiger partial charge in [0, 0.05) is 24.8 Å². The standard InChI is InChI=1S/C14H21FN2/c1-3-16-11(2)6-8-17-9-7-12-4-5-13(15)10-14(12)17/h4-5,10-11,16H,3,6-9H2,1-2H3. The molecule has 3 heteroatoms. The lowest BCUT2D eigenvalue weighted by Crippen LogP contribution is -2.31. The average molecular weight is 236 g/mol. The van der Waals surface area contributed by atoms with Gasteiger partial charge in [-0.15, -0.1) is 0 Å². The SMILES string of the molecule is CCNC(C)CCN1CCc2ccc(F)cc21. The van der Waals surface area contributed by atoms with Gasteiger partial charge in [0.15, 0.2) is 0 Å². The summed E-state index contributed by atoms with van der Waals surface area (Å²) in [6.45, 7) is 7.36. The zero-order valence-electron chi connectivity index (χ0n) is 10.7. The summed E-state index contributed by atoms with van der Waals surface area (Å²) in [5, 5.41) is 3.40. The van der Waals surface area contributed by atoms with Crippen molar-refractivity contribution in [3.8, 4) is 0 Å². The lowest BCUT2D eigenvalue weighted by Gasteiger charge is -2.22. The molecule has 0 spiro atoms. The molecule has 0 saturated carbocycles. The third-order valence-corrected chi connectivity index (χ3v) is 3.42. The molecule has 1 heterocycles. The van der Waals surface area contributed by atoms with Crippen LogP contribution in [0.25, 0.3) is 0 Å². The molecule has 17 heavy (non-hydrogen) atoms. The van der Waals surface area contributed by atoms with Gasteiger partial charge in [-0.25, -0.2) is 4.39 Å². The van der Waals surface area contributed by atoms with Crippen molar-refractivity contribution in [2.75, 3.05) is 24.5 Å². The number of hydrogen-bond acceptors (Lipinski definition) is 2. The number of rotatable bonds is 5. The largest absolute Gasteiger partial charge is 0.371 e. The van der Waals surface area contributed by atoms with E-state index in [1.165, 1.54) is 5.56 Å². The van der Waals surface area contributed by atoms with Crippen LogP contribution >= 0.6 is 0 Å². The van der Waals surface area contributed by atoms with Crippen molar-refractivity contribution < 1.29 is 4.39 Å². The van der Waals surface area contributed by atoms with E-state index in [-0.39, 0.29) is 5.82 Å². The number of nitrogens with one attached hydrogen (secondary N) is 1. The number of fused-ring (bicyclic) bond motifs is 1. The summed E-state index contributed by atoms with van der Waals surface area (Å²) in [7, 11) is 0. The molecule has 1 aromatic rings. The summed E-state index contributed by atoms with van der Waals surface area (Å²) < 4.78 is 13.2. The molecule has 1 N–H and O–H groups in total. The first-order valence-electron chi connectivity index (χ1n) is 6.47. The predicted molar refractivity (Wildman–Crippen MR) is 70.1 cm³/mol. The van der Waals surface area contributed by atoms with Gasteiger partial charge in [0.2, 0.25) is 0 Å². The number of hydrogen-bond donors (Lipinski definition) is 1. The minimum atomic E-state index is -0.129. The fourth-order valence-corrected chi connectivity index (χ4v) is 2.45. The molecule has 1 atom stereocenters. The van der Waals surface area contributed by atoms with Gasteiger partial charge in [-0.3, -0.25) is 0 Å². The molecule has 2 nitrogen and oxygen atoms in total. The molecule has 0 amide bonds. The number of anilines is 1. The molecule has 1 aromatic carbocycles. The Morgan fingerprint density at radius 2 is 2.29 bits per heavy atom. The molecule has 94 valence electrons. The van der Waals surface area contributed by atoms with Crippen LogP contribution in [0.5, 0.6) is 0 Å². The van der Waals surface area contributed by atoms with Crippen LogP contribution in [0.1, 0.15) is 25.8 Å². The van der Waals surface area contributed by atoms with Gasteiger partial charge in [-0.1, -0.05) is 13.0 Å². The average Bonchev–Trinajstić information content (AvgIpc) is 2.69. The Bertz CT molecular complexity index is 378. The van der Waals surface area contributed by atoms with Crippen molar-refractivity contribution >= 4 is 5.69 Å². The van der Waals surface area contributed by atoms with E-state index in [2.05, 4.69) is 24.1 Å². The van der Waals surface area contributed by atoms with Crippen molar-refractivity contribution in [2.45, 2.75) is 32.7 Å². The fourth-order valence-electron chi connectivity index (χ4n) is 2.45. The summed E-state index contributed by atoms with van der Waals surface area (Å²) in [4.78, 5) is 2.30. The van der Waals surface area contributed by atoms with Crippen molar-refractivity contribution in [3.05, 3.63) is 29.6 Å².